The molecule has 1 aromatic carbocycles. The summed E-state index contributed by atoms with van der Waals surface area (Å²) in [5.74, 6) is -0.113. The van der Waals surface area contributed by atoms with E-state index in [0.717, 1.165) is 5.69 Å². The molecule has 0 fully saturated rings. The van der Waals surface area contributed by atoms with Gasteiger partial charge in [-0.25, -0.2) is 13.6 Å². The number of ether oxygens (including phenoxy) is 1. The number of aryl methyl sites for hydroxylation is 1. The first kappa shape index (κ1) is 15.9. The molecule has 0 saturated heterocycles. The maximum atomic E-state index is 12.2. The number of nitrogens with one attached hydrogen (secondary N) is 1. The second-order valence-electron chi connectivity index (χ2n) is 4.55. The van der Waals surface area contributed by atoms with Gasteiger partial charge in [0.1, 0.15) is 5.75 Å². The zero-order valence-corrected chi connectivity index (χ0v) is 12.8. The van der Waals surface area contributed by atoms with Gasteiger partial charge in [0.15, 0.2) is 0 Å². The first-order chi connectivity index (χ1) is 10.3. The molecule has 0 atom stereocenters. The second-order valence-corrected chi connectivity index (χ2v) is 6.11. The number of methoxy groups -OCH3 is 1. The number of aromatic nitrogens is 1. The summed E-state index contributed by atoms with van der Waals surface area (Å²) in [5.41, 5.74) is 1.33. The molecule has 2 rings (SSSR count). The van der Waals surface area contributed by atoms with E-state index in [0.29, 0.717) is 11.3 Å². The van der Waals surface area contributed by atoms with Crippen LogP contribution in [0.1, 0.15) is 16.1 Å². The molecule has 1 heterocycles. The van der Waals surface area contributed by atoms with Crippen LogP contribution in [0.4, 0.5) is 5.69 Å². The predicted octanol–water partition coefficient (Wildman–Crippen LogP) is 1.30. The number of hydrogen-bond donors (Lipinski definition) is 2. The fourth-order valence-electron chi connectivity index (χ4n) is 1.76. The third-order valence-corrected chi connectivity index (χ3v) is 3.83. The van der Waals surface area contributed by atoms with Crippen molar-refractivity contribution in [2.45, 2.75) is 11.8 Å². The zero-order chi connectivity index (χ0) is 16.3. The Morgan fingerprint density at radius 2 is 2.00 bits per heavy atom. The van der Waals surface area contributed by atoms with E-state index in [9.17, 15) is 13.2 Å². The lowest BCUT2D eigenvalue weighted by molar-refractivity contribution is 0.102. The largest absolute Gasteiger partial charge is 0.495 e. The van der Waals surface area contributed by atoms with Gasteiger partial charge in [-0.05, 0) is 37.3 Å². The lowest BCUT2D eigenvalue weighted by Crippen LogP contribution is -2.15. The maximum absolute atomic E-state index is 12.2. The van der Waals surface area contributed by atoms with Crippen LogP contribution in [0.15, 0.2) is 41.4 Å². The van der Waals surface area contributed by atoms with Crippen LogP contribution in [0.3, 0.4) is 0 Å². The Bertz CT molecular complexity index is 801. The Labute approximate surface area is 128 Å². The smallest absolute Gasteiger partial charge is 0.257 e. The molecule has 2 aromatic rings. The third kappa shape index (κ3) is 3.60. The summed E-state index contributed by atoms with van der Waals surface area (Å²) in [6, 6.07) is 7.29. The molecule has 0 aliphatic carbocycles. The number of anilines is 1. The highest BCUT2D eigenvalue weighted by atomic mass is 32.2. The third-order valence-electron chi connectivity index (χ3n) is 2.92. The Balaban J connectivity index is 2.35. The minimum atomic E-state index is -3.88. The lowest BCUT2D eigenvalue weighted by Gasteiger charge is -2.11. The normalized spacial score (nSPS) is 11.0. The molecule has 22 heavy (non-hydrogen) atoms. The number of primary sulfonamides is 1. The highest BCUT2D eigenvalue weighted by Gasteiger charge is 2.15. The summed E-state index contributed by atoms with van der Waals surface area (Å²) in [6.07, 6.45) is 1.43. The van der Waals surface area contributed by atoms with Gasteiger partial charge in [0, 0.05) is 11.9 Å². The first-order valence-corrected chi connectivity index (χ1v) is 7.81. The van der Waals surface area contributed by atoms with Crippen molar-refractivity contribution in [3.63, 3.8) is 0 Å². The molecule has 116 valence electrons. The molecule has 0 spiro atoms. The van der Waals surface area contributed by atoms with Gasteiger partial charge < -0.3 is 10.1 Å². The van der Waals surface area contributed by atoms with Gasteiger partial charge in [-0.2, -0.15) is 0 Å². The molecule has 3 N–H and O–H groups in total. The van der Waals surface area contributed by atoms with Gasteiger partial charge >= 0.3 is 0 Å². The van der Waals surface area contributed by atoms with Crippen molar-refractivity contribution in [3.05, 3.63) is 47.8 Å². The molecular formula is C14H15N3O4S. The number of carbonyl (C=O) groups is 1. The molecule has 0 saturated carbocycles. The molecule has 0 aliphatic rings. The number of sulfonamides is 1. The van der Waals surface area contributed by atoms with Crippen LogP contribution in [0.5, 0.6) is 5.75 Å². The Morgan fingerprint density at radius 1 is 1.27 bits per heavy atom. The monoisotopic (exact) mass is 321 g/mol. The Morgan fingerprint density at radius 3 is 2.55 bits per heavy atom. The van der Waals surface area contributed by atoms with E-state index in [1.807, 2.05) is 0 Å². The summed E-state index contributed by atoms with van der Waals surface area (Å²) < 4.78 is 27.9. The molecule has 1 aromatic heterocycles. The standard InChI is InChI=1S/C14H15N3O4S/c1-9-3-4-10(8-16-9)14(18)17-12-7-11(22(15,19)20)5-6-13(12)21-2/h3-8H,1-2H3,(H,17,18)(H2,15,19,20). The maximum Gasteiger partial charge on any atom is 0.257 e. The van der Waals surface area contributed by atoms with Gasteiger partial charge in [0.2, 0.25) is 10.0 Å². The minimum Gasteiger partial charge on any atom is -0.495 e. The molecule has 0 radical (unpaired) electrons. The Kier molecular flexibility index (Phi) is 4.43. The summed E-state index contributed by atoms with van der Waals surface area (Å²) >= 11 is 0. The van der Waals surface area contributed by atoms with Crippen molar-refractivity contribution in [3.8, 4) is 5.75 Å². The van der Waals surface area contributed by atoms with Crippen molar-refractivity contribution >= 4 is 21.6 Å². The highest BCUT2D eigenvalue weighted by Crippen LogP contribution is 2.27. The average Bonchev–Trinajstić information content (AvgIpc) is 2.46. The fourth-order valence-corrected chi connectivity index (χ4v) is 2.30. The summed E-state index contributed by atoms with van der Waals surface area (Å²) in [4.78, 5) is 16.1. The van der Waals surface area contributed by atoms with Gasteiger partial charge in [0.25, 0.3) is 5.91 Å². The van der Waals surface area contributed by atoms with Crippen LogP contribution in [0, 0.1) is 6.92 Å². The summed E-state index contributed by atoms with van der Waals surface area (Å²) in [7, 11) is -2.46. The van der Waals surface area contributed by atoms with E-state index < -0.39 is 15.9 Å². The van der Waals surface area contributed by atoms with Gasteiger partial charge in [-0.3, -0.25) is 9.78 Å². The number of rotatable bonds is 4. The van der Waals surface area contributed by atoms with Crippen LogP contribution < -0.4 is 15.2 Å². The number of benzene rings is 1. The van der Waals surface area contributed by atoms with Crippen LogP contribution in [-0.4, -0.2) is 26.4 Å². The summed E-state index contributed by atoms with van der Waals surface area (Å²) in [5, 5.41) is 7.67. The topological polar surface area (TPSA) is 111 Å². The van der Waals surface area contributed by atoms with Crippen molar-refractivity contribution in [1.29, 1.82) is 0 Å². The number of nitrogens with zero attached hydrogens (tertiary/aromatic N) is 1. The van der Waals surface area contributed by atoms with Crippen molar-refractivity contribution in [2.75, 3.05) is 12.4 Å². The first-order valence-electron chi connectivity index (χ1n) is 6.26. The predicted molar refractivity (Wildman–Crippen MR) is 81.3 cm³/mol. The highest BCUT2D eigenvalue weighted by molar-refractivity contribution is 7.89. The van der Waals surface area contributed by atoms with Gasteiger partial charge in [-0.1, -0.05) is 0 Å². The molecular weight excluding hydrogens is 306 g/mol. The van der Waals surface area contributed by atoms with E-state index >= 15 is 0 Å². The van der Waals surface area contributed by atoms with Gasteiger partial charge in [-0.15, -0.1) is 0 Å². The number of nitrogens with two attached hydrogens (primary N) is 1. The molecule has 7 nitrogen and oxygen atoms in total. The van der Waals surface area contributed by atoms with E-state index in [-0.39, 0.29) is 10.6 Å². The lowest BCUT2D eigenvalue weighted by atomic mass is 10.2. The SMILES string of the molecule is COc1ccc(S(N)(=O)=O)cc1NC(=O)c1ccc(C)nc1. The van der Waals surface area contributed by atoms with Gasteiger partial charge in [0.05, 0.1) is 23.3 Å². The van der Waals surface area contributed by atoms with E-state index in [2.05, 4.69) is 10.3 Å². The summed E-state index contributed by atoms with van der Waals surface area (Å²) in [6.45, 7) is 1.81. The van der Waals surface area contributed by atoms with Crippen molar-refractivity contribution in [1.82, 2.24) is 4.98 Å². The van der Waals surface area contributed by atoms with Crippen LogP contribution in [0.2, 0.25) is 0 Å². The number of amides is 1. The zero-order valence-electron chi connectivity index (χ0n) is 12.0. The van der Waals surface area contributed by atoms with Crippen LogP contribution in [-0.2, 0) is 10.0 Å². The number of pyridine rings is 1. The minimum absolute atomic E-state index is 0.120. The molecule has 0 bridgehead atoms. The Hall–Kier alpha value is -2.45. The molecule has 1 amide bonds. The average molecular weight is 321 g/mol. The fraction of sp³-hybridized carbons (Fsp3) is 0.143. The quantitative estimate of drug-likeness (QED) is 0.881. The van der Waals surface area contributed by atoms with Crippen molar-refractivity contribution in [2.24, 2.45) is 5.14 Å². The van der Waals surface area contributed by atoms with Crippen molar-refractivity contribution < 1.29 is 17.9 Å². The van der Waals surface area contributed by atoms with Crippen LogP contribution in [0.25, 0.3) is 0 Å². The van der Waals surface area contributed by atoms with E-state index in [1.54, 1.807) is 19.1 Å². The van der Waals surface area contributed by atoms with E-state index in [1.165, 1.54) is 31.5 Å². The molecule has 8 heteroatoms. The number of hydrogen-bond acceptors (Lipinski definition) is 5. The molecule has 0 aliphatic heterocycles. The van der Waals surface area contributed by atoms with Crippen LogP contribution >= 0.6 is 0 Å². The number of carbonyl (C=O) groups excluding carboxylic acids is 1. The molecule has 0 unspecified atom stereocenters. The van der Waals surface area contributed by atoms with E-state index in [4.69, 9.17) is 9.88 Å². The second kappa shape index (κ2) is 6.12.